The number of carbonyl (C=O) groups is 1. The van der Waals surface area contributed by atoms with Crippen LogP contribution < -0.4 is 0 Å². The molecule has 0 N–H and O–H groups in total. The Balaban J connectivity index is 2.38. The van der Waals surface area contributed by atoms with Crippen molar-refractivity contribution in [3.8, 4) is 0 Å². The van der Waals surface area contributed by atoms with Gasteiger partial charge in [0.2, 0.25) is 0 Å². The van der Waals surface area contributed by atoms with Crippen LogP contribution in [0.3, 0.4) is 0 Å². The number of carbonyl (C=O) groups excluding carboxylic acids is 1. The molecule has 2 fully saturated rings. The summed E-state index contributed by atoms with van der Waals surface area (Å²) in [5.41, 5.74) is -1.46. The lowest BCUT2D eigenvalue weighted by Gasteiger charge is -2.26. The summed E-state index contributed by atoms with van der Waals surface area (Å²) in [5.74, 6) is -0.193. The number of esters is 1. The average molecular weight is 228 g/mol. The van der Waals surface area contributed by atoms with Crippen LogP contribution in [0.25, 0.3) is 0 Å². The highest BCUT2D eigenvalue weighted by atomic mass is 16.7. The van der Waals surface area contributed by atoms with E-state index in [2.05, 4.69) is 13.8 Å². The van der Waals surface area contributed by atoms with E-state index in [1.807, 2.05) is 13.8 Å². The van der Waals surface area contributed by atoms with E-state index in [0.717, 1.165) is 0 Å². The van der Waals surface area contributed by atoms with Crippen molar-refractivity contribution in [1.29, 1.82) is 0 Å². The summed E-state index contributed by atoms with van der Waals surface area (Å²) in [4.78, 5) is 12.0. The summed E-state index contributed by atoms with van der Waals surface area (Å²) < 4.78 is 16.3. The SMILES string of the molecule is COC(=O)C1(C(C)C)OC12COCC2(C)C. The van der Waals surface area contributed by atoms with Crippen molar-refractivity contribution in [2.24, 2.45) is 11.3 Å². The molecule has 2 unspecified atom stereocenters. The number of hydrogen-bond acceptors (Lipinski definition) is 4. The highest BCUT2D eigenvalue weighted by Gasteiger charge is 2.83. The Morgan fingerprint density at radius 3 is 2.31 bits per heavy atom. The fourth-order valence-electron chi connectivity index (χ4n) is 2.97. The largest absolute Gasteiger partial charge is 0.467 e. The first-order chi connectivity index (χ1) is 7.34. The molecule has 16 heavy (non-hydrogen) atoms. The summed E-state index contributed by atoms with van der Waals surface area (Å²) in [6.07, 6.45) is 0. The van der Waals surface area contributed by atoms with Gasteiger partial charge in [0, 0.05) is 5.41 Å². The van der Waals surface area contributed by atoms with Crippen LogP contribution in [0.2, 0.25) is 0 Å². The van der Waals surface area contributed by atoms with Gasteiger partial charge in [0.15, 0.2) is 5.60 Å². The van der Waals surface area contributed by atoms with E-state index in [1.165, 1.54) is 7.11 Å². The third kappa shape index (κ3) is 1.09. The van der Waals surface area contributed by atoms with Gasteiger partial charge >= 0.3 is 5.97 Å². The topological polar surface area (TPSA) is 48.1 Å². The molecule has 2 aliphatic rings. The number of epoxide rings is 1. The molecule has 0 aromatic carbocycles. The molecule has 0 aliphatic carbocycles. The summed E-state index contributed by atoms with van der Waals surface area (Å²) in [6.45, 7) is 9.23. The van der Waals surface area contributed by atoms with E-state index in [4.69, 9.17) is 14.2 Å². The van der Waals surface area contributed by atoms with Crippen LogP contribution in [0.4, 0.5) is 0 Å². The molecule has 2 atom stereocenters. The lowest BCUT2D eigenvalue weighted by molar-refractivity contribution is -0.148. The molecule has 0 radical (unpaired) electrons. The number of hydrogen-bond donors (Lipinski definition) is 0. The minimum absolute atomic E-state index is 0.0842. The molecule has 0 saturated carbocycles. The quantitative estimate of drug-likeness (QED) is 0.529. The third-order valence-corrected chi connectivity index (χ3v) is 4.06. The number of methoxy groups -OCH3 is 1. The smallest absolute Gasteiger partial charge is 0.341 e. The Morgan fingerprint density at radius 2 is 1.94 bits per heavy atom. The van der Waals surface area contributed by atoms with E-state index < -0.39 is 11.2 Å². The highest BCUT2D eigenvalue weighted by molar-refractivity contribution is 5.86. The molecule has 0 aromatic rings. The van der Waals surface area contributed by atoms with Gasteiger partial charge in [0.25, 0.3) is 0 Å². The fraction of sp³-hybridized carbons (Fsp3) is 0.917. The maximum atomic E-state index is 12.0. The van der Waals surface area contributed by atoms with Gasteiger partial charge in [-0.3, -0.25) is 0 Å². The second kappa shape index (κ2) is 3.20. The van der Waals surface area contributed by atoms with Crippen LogP contribution in [0.5, 0.6) is 0 Å². The zero-order valence-electron chi connectivity index (χ0n) is 10.6. The third-order valence-electron chi connectivity index (χ3n) is 4.06. The van der Waals surface area contributed by atoms with Crippen LogP contribution in [-0.2, 0) is 19.0 Å². The molecule has 0 aromatic heterocycles. The van der Waals surface area contributed by atoms with Crippen molar-refractivity contribution in [2.45, 2.75) is 38.9 Å². The Morgan fingerprint density at radius 1 is 1.31 bits per heavy atom. The van der Waals surface area contributed by atoms with Gasteiger partial charge in [-0.2, -0.15) is 0 Å². The maximum absolute atomic E-state index is 12.0. The summed E-state index contributed by atoms with van der Waals surface area (Å²) in [5, 5.41) is 0. The number of rotatable bonds is 2. The molecule has 2 aliphatic heterocycles. The number of ether oxygens (including phenoxy) is 3. The molecule has 2 heterocycles. The Kier molecular flexibility index (Phi) is 2.37. The maximum Gasteiger partial charge on any atom is 0.341 e. The van der Waals surface area contributed by atoms with Crippen LogP contribution >= 0.6 is 0 Å². The van der Waals surface area contributed by atoms with Crippen LogP contribution in [0.15, 0.2) is 0 Å². The van der Waals surface area contributed by atoms with E-state index in [9.17, 15) is 4.79 Å². The van der Waals surface area contributed by atoms with E-state index in [1.54, 1.807) is 0 Å². The van der Waals surface area contributed by atoms with Crippen molar-refractivity contribution in [3.05, 3.63) is 0 Å². The first kappa shape index (κ1) is 11.9. The summed E-state index contributed by atoms with van der Waals surface area (Å²) in [7, 11) is 1.41. The first-order valence-electron chi connectivity index (χ1n) is 5.70. The molecular formula is C12H20O4. The minimum atomic E-state index is -0.818. The van der Waals surface area contributed by atoms with Gasteiger partial charge < -0.3 is 14.2 Å². The zero-order valence-corrected chi connectivity index (χ0v) is 10.6. The van der Waals surface area contributed by atoms with Gasteiger partial charge in [0.05, 0.1) is 20.3 Å². The zero-order chi connectivity index (χ0) is 12.2. The van der Waals surface area contributed by atoms with Gasteiger partial charge in [0.1, 0.15) is 5.60 Å². The van der Waals surface area contributed by atoms with Crippen molar-refractivity contribution < 1.29 is 19.0 Å². The highest BCUT2D eigenvalue weighted by Crippen LogP contribution is 2.64. The predicted molar refractivity (Wildman–Crippen MR) is 58.0 cm³/mol. The van der Waals surface area contributed by atoms with Gasteiger partial charge in [-0.25, -0.2) is 4.79 Å². The minimum Gasteiger partial charge on any atom is -0.467 e. The molecule has 2 saturated heterocycles. The second-order valence-corrected chi connectivity index (χ2v) is 5.69. The summed E-state index contributed by atoms with van der Waals surface area (Å²) >= 11 is 0. The van der Waals surface area contributed by atoms with E-state index >= 15 is 0 Å². The van der Waals surface area contributed by atoms with Crippen molar-refractivity contribution >= 4 is 5.97 Å². The van der Waals surface area contributed by atoms with Crippen LogP contribution in [0.1, 0.15) is 27.7 Å². The summed E-state index contributed by atoms with van der Waals surface area (Å²) in [6, 6.07) is 0. The van der Waals surface area contributed by atoms with Crippen LogP contribution in [0, 0.1) is 11.3 Å². The monoisotopic (exact) mass is 228 g/mol. The van der Waals surface area contributed by atoms with E-state index in [0.29, 0.717) is 13.2 Å². The molecule has 92 valence electrons. The first-order valence-corrected chi connectivity index (χ1v) is 5.70. The van der Waals surface area contributed by atoms with Crippen molar-refractivity contribution in [2.75, 3.05) is 20.3 Å². The molecule has 1 spiro atoms. The Bertz CT molecular complexity index is 323. The standard InChI is InChI=1S/C12H20O4/c1-8(2)12(9(13)14-5)11(16-12)7-15-6-10(11,3)4/h8H,6-7H2,1-5H3. The van der Waals surface area contributed by atoms with Crippen molar-refractivity contribution in [1.82, 2.24) is 0 Å². The Labute approximate surface area is 96.2 Å². The van der Waals surface area contributed by atoms with Crippen molar-refractivity contribution in [3.63, 3.8) is 0 Å². The molecule has 2 rings (SSSR count). The Hall–Kier alpha value is -0.610. The van der Waals surface area contributed by atoms with Gasteiger partial charge in [-0.05, 0) is 5.92 Å². The molecular weight excluding hydrogens is 208 g/mol. The lowest BCUT2D eigenvalue weighted by Crippen LogP contribution is -2.46. The van der Waals surface area contributed by atoms with E-state index in [-0.39, 0.29) is 17.3 Å². The normalized spacial score (nSPS) is 40.4. The van der Waals surface area contributed by atoms with Gasteiger partial charge in [-0.1, -0.05) is 27.7 Å². The fourth-order valence-corrected chi connectivity index (χ4v) is 2.97. The molecule has 4 heteroatoms. The molecule has 4 nitrogen and oxygen atoms in total. The molecule has 0 bridgehead atoms. The predicted octanol–water partition coefficient (Wildman–Crippen LogP) is 1.38. The van der Waals surface area contributed by atoms with Gasteiger partial charge in [-0.15, -0.1) is 0 Å². The second-order valence-electron chi connectivity index (χ2n) is 5.69. The molecule has 0 amide bonds. The average Bonchev–Trinajstić information content (AvgIpc) is 2.80. The lowest BCUT2D eigenvalue weighted by atomic mass is 9.70. The van der Waals surface area contributed by atoms with Crippen LogP contribution in [-0.4, -0.2) is 37.5 Å².